The SMILES string of the molecule is O=C(O)c1nc(N2CCOCC2)cnc1N1CCOCC1.O=C=O. The van der Waals surface area contributed by atoms with Gasteiger partial charge in [-0.25, -0.2) is 14.8 Å². The van der Waals surface area contributed by atoms with Crippen molar-refractivity contribution in [3.8, 4) is 0 Å². The fourth-order valence-electron chi connectivity index (χ4n) is 2.47. The van der Waals surface area contributed by atoms with Gasteiger partial charge in [-0.1, -0.05) is 0 Å². The lowest BCUT2D eigenvalue weighted by atomic mass is 10.3. The minimum atomic E-state index is -1.06. The quantitative estimate of drug-likeness (QED) is 0.754. The lowest BCUT2D eigenvalue weighted by molar-refractivity contribution is -0.191. The van der Waals surface area contributed by atoms with Crippen LogP contribution >= 0.6 is 0 Å². The van der Waals surface area contributed by atoms with Crippen molar-refractivity contribution in [2.24, 2.45) is 0 Å². The molecule has 24 heavy (non-hydrogen) atoms. The van der Waals surface area contributed by atoms with Crippen molar-refractivity contribution >= 4 is 23.8 Å². The molecule has 2 aliphatic rings. The highest BCUT2D eigenvalue weighted by Gasteiger charge is 2.23. The molecular formula is C14H18N4O6. The maximum atomic E-state index is 11.5. The van der Waals surface area contributed by atoms with Crippen LogP contribution in [-0.4, -0.2) is 79.8 Å². The van der Waals surface area contributed by atoms with E-state index in [0.29, 0.717) is 64.2 Å². The first-order valence-electron chi connectivity index (χ1n) is 7.42. The van der Waals surface area contributed by atoms with E-state index in [4.69, 9.17) is 19.1 Å². The first-order chi connectivity index (χ1) is 11.7. The third-order valence-electron chi connectivity index (χ3n) is 3.59. The smallest absolute Gasteiger partial charge is 0.373 e. The number of ether oxygens (including phenoxy) is 2. The zero-order chi connectivity index (χ0) is 17.4. The van der Waals surface area contributed by atoms with Gasteiger partial charge in [-0.05, 0) is 0 Å². The molecule has 1 aromatic rings. The van der Waals surface area contributed by atoms with Crippen molar-refractivity contribution in [2.45, 2.75) is 0 Å². The van der Waals surface area contributed by atoms with Crippen molar-refractivity contribution in [3.63, 3.8) is 0 Å². The zero-order valence-corrected chi connectivity index (χ0v) is 13.0. The molecule has 130 valence electrons. The summed E-state index contributed by atoms with van der Waals surface area (Å²) >= 11 is 0. The maximum Gasteiger partial charge on any atom is 0.373 e. The molecule has 10 heteroatoms. The standard InChI is InChI=1S/C13H18N4O4.CO2/c18-13(19)11-12(17-3-7-21-8-4-17)14-9-10(15-11)16-1-5-20-6-2-16;2-1-3/h9H,1-8H2,(H,18,19);. The summed E-state index contributed by atoms with van der Waals surface area (Å²) in [4.78, 5) is 40.3. The van der Waals surface area contributed by atoms with Crippen LogP contribution in [0.15, 0.2) is 6.20 Å². The summed E-state index contributed by atoms with van der Waals surface area (Å²) in [6.45, 7) is 5.05. The Hall–Kier alpha value is -2.55. The van der Waals surface area contributed by atoms with Crippen molar-refractivity contribution < 1.29 is 29.0 Å². The Morgan fingerprint density at radius 2 is 1.54 bits per heavy atom. The minimum Gasteiger partial charge on any atom is -0.476 e. The fourth-order valence-corrected chi connectivity index (χ4v) is 2.47. The molecule has 0 bridgehead atoms. The molecule has 0 spiro atoms. The van der Waals surface area contributed by atoms with E-state index in [1.165, 1.54) is 0 Å². The normalized spacial score (nSPS) is 17.5. The third kappa shape index (κ3) is 4.48. The van der Waals surface area contributed by atoms with E-state index in [2.05, 4.69) is 9.97 Å². The number of morpholine rings is 2. The summed E-state index contributed by atoms with van der Waals surface area (Å²) in [6, 6.07) is 0. The van der Waals surface area contributed by atoms with Crippen LogP contribution < -0.4 is 9.80 Å². The first kappa shape index (κ1) is 17.8. The molecule has 0 amide bonds. The predicted octanol–water partition coefficient (Wildman–Crippen LogP) is -0.735. The molecule has 10 nitrogen and oxygen atoms in total. The molecule has 1 N–H and O–H groups in total. The number of aromatic carboxylic acids is 1. The van der Waals surface area contributed by atoms with Crippen LogP contribution in [0.4, 0.5) is 11.6 Å². The lowest BCUT2D eigenvalue weighted by Crippen LogP contribution is -2.39. The molecule has 0 aliphatic carbocycles. The Balaban J connectivity index is 0.000000647. The largest absolute Gasteiger partial charge is 0.476 e. The van der Waals surface area contributed by atoms with Gasteiger partial charge in [0.1, 0.15) is 5.82 Å². The Morgan fingerprint density at radius 3 is 2.04 bits per heavy atom. The van der Waals surface area contributed by atoms with Crippen LogP contribution in [0.25, 0.3) is 0 Å². The average molecular weight is 338 g/mol. The number of carbonyl (C=O) groups excluding carboxylic acids is 2. The van der Waals surface area contributed by atoms with Crippen molar-refractivity contribution in [2.75, 3.05) is 62.4 Å². The van der Waals surface area contributed by atoms with Crippen LogP contribution in [0.2, 0.25) is 0 Å². The second-order valence-corrected chi connectivity index (χ2v) is 4.99. The number of aromatic nitrogens is 2. The van der Waals surface area contributed by atoms with Crippen molar-refractivity contribution in [1.82, 2.24) is 9.97 Å². The number of carbonyl (C=O) groups is 1. The van der Waals surface area contributed by atoms with Gasteiger partial charge < -0.3 is 24.4 Å². The molecule has 0 saturated carbocycles. The number of anilines is 2. The first-order valence-corrected chi connectivity index (χ1v) is 7.42. The highest BCUT2D eigenvalue weighted by atomic mass is 16.5. The summed E-state index contributed by atoms with van der Waals surface area (Å²) in [5.41, 5.74) is 0.000826. The topological polar surface area (TPSA) is 122 Å². The molecule has 0 atom stereocenters. The van der Waals surface area contributed by atoms with Crippen molar-refractivity contribution in [3.05, 3.63) is 11.9 Å². The number of carboxylic acids is 1. The Kier molecular flexibility index (Phi) is 6.62. The predicted molar refractivity (Wildman–Crippen MR) is 80.1 cm³/mol. The molecule has 1 aromatic heterocycles. The Bertz CT molecular complexity index is 593. The van der Waals surface area contributed by atoms with Gasteiger partial charge in [0, 0.05) is 26.2 Å². The highest BCUT2D eigenvalue weighted by molar-refractivity contribution is 5.91. The molecule has 0 aromatic carbocycles. The number of rotatable bonds is 3. The van der Waals surface area contributed by atoms with E-state index in [0.717, 1.165) is 0 Å². The number of hydrogen-bond acceptors (Lipinski definition) is 9. The second kappa shape index (κ2) is 8.92. The molecule has 2 saturated heterocycles. The van der Waals surface area contributed by atoms with Gasteiger partial charge in [0.2, 0.25) is 0 Å². The number of hydrogen-bond donors (Lipinski definition) is 1. The van der Waals surface area contributed by atoms with E-state index >= 15 is 0 Å². The van der Waals surface area contributed by atoms with E-state index in [9.17, 15) is 9.90 Å². The minimum absolute atomic E-state index is 0.000826. The fraction of sp³-hybridized carbons (Fsp3) is 0.571. The van der Waals surface area contributed by atoms with Gasteiger partial charge in [-0.3, -0.25) is 0 Å². The second-order valence-electron chi connectivity index (χ2n) is 4.99. The summed E-state index contributed by atoms with van der Waals surface area (Å²) in [5.74, 6) is -0.0466. The van der Waals surface area contributed by atoms with Crippen LogP contribution in [0.5, 0.6) is 0 Å². The van der Waals surface area contributed by atoms with Gasteiger partial charge in [0.15, 0.2) is 11.5 Å². The van der Waals surface area contributed by atoms with Gasteiger partial charge in [-0.2, -0.15) is 9.59 Å². The van der Waals surface area contributed by atoms with Crippen LogP contribution in [0, 0.1) is 0 Å². The summed E-state index contributed by atoms with van der Waals surface area (Å²) < 4.78 is 10.6. The van der Waals surface area contributed by atoms with E-state index in [-0.39, 0.29) is 11.8 Å². The van der Waals surface area contributed by atoms with Crippen LogP contribution in [0.3, 0.4) is 0 Å². The number of carboxylic acid groups (broad SMARTS) is 1. The molecule has 3 rings (SSSR count). The molecule has 2 aliphatic heterocycles. The molecule has 0 radical (unpaired) electrons. The van der Waals surface area contributed by atoms with Gasteiger partial charge >= 0.3 is 12.1 Å². The monoisotopic (exact) mass is 338 g/mol. The van der Waals surface area contributed by atoms with E-state index < -0.39 is 5.97 Å². The van der Waals surface area contributed by atoms with Gasteiger partial charge in [0.25, 0.3) is 0 Å². The van der Waals surface area contributed by atoms with Crippen molar-refractivity contribution in [1.29, 1.82) is 0 Å². The summed E-state index contributed by atoms with van der Waals surface area (Å²) in [7, 11) is 0. The molecule has 2 fully saturated rings. The van der Waals surface area contributed by atoms with E-state index in [1.54, 1.807) is 6.20 Å². The summed E-state index contributed by atoms with van der Waals surface area (Å²) in [6.07, 6.45) is 1.89. The molecule has 0 unspecified atom stereocenters. The number of nitrogens with zero attached hydrogens (tertiary/aromatic N) is 4. The lowest BCUT2D eigenvalue weighted by Gasteiger charge is -2.30. The van der Waals surface area contributed by atoms with Gasteiger partial charge in [0.05, 0.1) is 32.6 Å². The Labute approximate surface area is 138 Å². The van der Waals surface area contributed by atoms with Gasteiger partial charge in [-0.15, -0.1) is 0 Å². The average Bonchev–Trinajstić information content (AvgIpc) is 2.63. The maximum absolute atomic E-state index is 11.5. The molecule has 3 heterocycles. The molecular weight excluding hydrogens is 320 g/mol. The third-order valence-corrected chi connectivity index (χ3v) is 3.59. The van der Waals surface area contributed by atoms with Crippen LogP contribution in [-0.2, 0) is 19.1 Å². The van der Waals surface area contributed by atoms with Crippen LogP contribution in [0.1, 0.15) is 10.5 Å². The van der Waals surface area contributed by atoms with E-state index in [1.807, 2.05) is 9.80 Å². The zero-order valence-electron chi connectivity index (χ0n) is 13.0. The Morgan fingerprint density at radius 1 is 1.04 bits per heavy atom. The highest BCUT2D eigenvalue weighted by Crippen LogP contribution is 2.21. The summed E-state index contributed by atoms with van der Waals surface area (Å²) in [5, 5.41) is 9.42.